The van der Waals surface area contributed by atoms with Gasteiger partial charge in [-0.3, -0.25) is 4.79 Å². The molecule has 11 heteroatoms. The predicted octanol–water partition coefficient (Wildman–Crippen LogP) is 3.36. The van der Waals surface area contributed by atoms with E-state index in [4.69, 9.17) is 25.1 Å². The predicted molar refractivity (Wildman–Crippen MR) is 148 cm³/mol. The largest absolute Gasteiger partial charge is 0.494 e. The lowest BCUT2D eigenvalue weighted by atomic mass is 9.81. The molecular weight excluding hydrogens is 514 g/mol. The number of ether oxygens (including phenoxy) is 2. The van der Waals surface area contributed by atoms with Gasteiger partial charge in [0, 0.05) is 35.6 Å². The van der Waals surface area contributed by atoms with Crippen molar-refractivity contribution in [2.24, 2.45) is 10.1 Å². The van der Waals surface area contributed by atoms with E-state index in [1.807, 2.05) is 30.3 Å². The van der Waals surface area contributed by atoms with Crippen LogP contribution in [0.2, 0.25) is 0 Å². The van der Waals surface area contributed by atoms with Crippen LogP contribution in [-0.2, 0) is 16.0 Å². The molecule has 3 aromatic carbocycles. The molecule has 0 aliphatic carbocycles. The molecule has 1 aliphatic rings. The van der Waals surface area contributed by atoms with Crippen LogP contribution in [0.3, 0.4) is 0 Å². The average molecular weight is 546 g/mol. The normalized spacial score (nSPS) is 18.0. The maximum atomic E-state index is 14.1. The molecule has 0 fully saturated rings. The summed E-state index contributed by atoms with van der Waals surface area (Å²) in [6.45, 7) is -0.546. The number of aliphatic hydroxyl groups excluding tert-OH is 3. The summed E-state index contributed by atoms with van der Waals surface area (Å²) in [5.74, 6) is 0.261. The average Bonchev–Trinajstić information content (AvgIpc) is 3.38. The zero-order valence-electron chi connectivity index (χ0n) is 21.8. The van der Waals surface area contributed by atoms with E-state index in [0.29, 0.717) is 41.2 Å². The number of azide groups is 1. The Hall–Kier alpha value is -4.41. The second kappa shape index (κ2) is 13.6. The second-order valence-electron chi connectivity index (χ2n) is 9.23. The van der Waals surface area contributed by atoms with Gasteiger partial charge >= 0.3 is 0 Å². The third kappa shape index (κ3) is 6.41. The highest BCUT2D eigenvalue weighted by Gasteiger charge is 2.53. The lowest BCUT2D eigenvalue weighted by Gasteiger charge is -2.32. The molecule has 0 aromatic heterocycles. The van der Waals surface area contributed by atoms with Crippen molar-refractivity contribution in [3.05, 3.63) is 106 Å². The summed E-state index contributed by atoms with van der Waals surface area (Å²) in [6, 6.07) is 22.2. The fourth-order valence-electron chi connectivity index (χ4n) is 4.47. The maximum Gasteiger partial charge on any atom is 0.253 e. The summed E-state index contributed by atoms with van der Waals surface area (Å²) in [4.78, 5) is 21.9. The van der Waals surface area contributed by atoms with Crippen molar-refractivity contribution in [1.29, 1.82) is 0 Å². The van der Waals surface area contributed by atoms with Crippen LogP contribution in [0.4, 0.5) is 5.69 Å². The number of benzene rings is 3. The monoisotopic (exact) mass is 545 g/mol. The van der Waals surface area contributed by atoms with E-state index in [-0.39, 0.29) is 18.9 Å². The van der Waals surface area contributed by atoms with Gasteiger partial charge in [-0.15, -0.1) is 0 Å². The van der Waals surface area contributed by atoms with Crippen LogP contribution in [0.15, 0.2) is 89.0 Å². The number of hydrogen-bond acceptors (Lipinski definition) is 8. The number of aliphatic imine (C=N–C) groups is 1. The van der Waals surface area contributed by atoms with Crippen molar-refractivity contribution < 1.29 is 29.6 Å². The molecule has 0 bridgehead atoms. The number of aliphatic hydroxyl groups is 3. The summed E-state index contributed by atoms with van der Waals surface area (Å²) >= 11 is 0. The van der Waals surface area contributed by atoms with Gasteiger partial charge in [0.15, 0.2) is 11.6 Å². The number of amides is 1. The van der Waals surface area contributed by atoms with E-state index < -0.39 is 36.8 Å². The molecule has 0 unspecified atom stereocenters. The van der Waals surface area contributed by atoms with E-state index in [1.54, 1.807) is 48.5 Å². The van der Waals surface area contributed by atoms with Gasteiger partial charge in [0.1, 0.15) is 5.75 Å². The Kier molecular flexibility index (Phi) is 9.71. The van der Waals surface area contributed by atoms with Crippen molar-refractivity contribution >= 4 is 17.5 Å². The topological polar surface area (TPSA) is 169 Å². The third-order valence-electron chi connectivity index (χ3n) is 6.51. The minimum absolute atomic E-state index is 0.00300. The lowest BCUT2D eigenvalue weighted by molar-refractivity contribution is -0.130. The first-order chi connectivity index (χ1) is 19.5. The first kappa shape index (κ1) is 28.6. The molecule has 2 atom stereocenters. The molecule has 0 radical (unpaired) electrons. The molecule has 0 saturated carbocycles. The Morgan fingerprint density at radius 2 is 1.75 bits per heavy atom. The molecule has 4 N–H and O–H groups in total. The lowest BCUT2D eigenvalue weighted by Crippen LogP contribution is -2.54. The van der Waals surface area contributed by atoms with Gasteiger partial charge in [-0.05, 0) is 40.9 Å². The molecule has 0 spiro atoms. The van der Waals surface area contributed by atoms with Crippen molar-refractivity contribution in [3.63, 3.8) is 0 Å². The summed E-state index contributed by atoms with van der Waals surface area (Å²) in [7, 11) is 0. The van der Waals surface area contributed by atoms with Gasteiger partial charge in [-0.1, -0.05) is 59.7 Å². The minimum Gasteiger partial charge on any atom is -0.494 e. The van der Waals surface area contributed by atoms with Crippen LogP contribution in [0.5, 0.6) is 5.75 Å². The van der Waals surface area contributed by atoms with E-state index in [0.717, 1.165) is 0 Å². The van der Waals surface area contributed by atoms with E-state index >= 15 is 0 Å². The van der Waals surface area contributed by atoms with Crippen LogP contribution in [0, 0.1) is 0 Å². The molecule has 1 aliphatic heterocycles. The molecule has 1 heterocycles. The van der Waals surface area contributed by atoms with E-state index in [9.17, 15) is 15.0 Å². The SMILES string of the molecule is [N-]=[N+]=Nc1ccccc1C[C@@]1(C(=O)NC(CO)CO)N=C(c2ccc(OCCCO)cc2)O[C@@H]1c1ccccc1. The minimum atomic E-state index is -1.59. The number of nitrogens with zero attached hydrogens (tertiary/aromatic N) is 4. The Balaban J connectivity index is 1.82. The standard InChI is InChI=1S/C29H31N5O6/c30-34-33-25-10-5-4-9-22(25)17-29(28(38)31-23(18-36)19-37)26(20-7-2-1-3-8-20)40-27(32-29)21-11-13-24(14-12-21)39-16-6-15-35/h1-5,7-14,23,26,35-37H,6,15-19H2,(H,31,38)/t26-,29-/m1/s1. The second-order valence-corrected chi connectivity index (χ2v) is 9.23. The first-order valence-electron chi connectivity index (χ1n) is 12.9. The van der Waals surface area contributed by atoms with Crippen molar-refractivity contribution in [2.45, 2.75) is 30.5 Å². The van der Waals surface area contributed by atoms with Crippen molar-refractivity contribution in [3.8, 4) is 5.75 Å². The van der Waals surface area contributed by atoms with Gasteiger partial charge in [0.05, 0.1) is 25.9 Å². The number of carbonyl (C=O) groups is 1. The molecule has 1 amide bonds. The number of carbonyl (C=O) groups excluding carboxylic acids is 1. The van der Waals surface area contributed by atoms with Crippen molar-refractivity contribution in [2.75, 3.05) is 26.4 Å². The van der Waals surface area contributed by atoms with Gasteiger partial charge in [-0.2, -0.15) is 0 Å². The molecule has 11 nitrogen and oxygen atoms in total. The van der Waals surface area contributed by atoms with Crippen LogP contribution in [0.25, 0.3) is 10.4 Å². The first-order valence-corrected chi connectivity index (χ1v) is 12.9. The fraction of sp³-hybridized carbons (Fsp3) is 0.310. The van der Waals surface area contributed by atoms with Crippen LogP contribution in [-0.4, -0.2) is 65.1 Å². The Morgan fingerprint density at radius 1 is 1.05 bits per heavy atom. The van der Waals surface area contributed by atoms with E-state index in [2.05, 4.69) is 15.3 Å². The Bertz CT molecular complexity index is 1360. The van der Waals surface area contributed by atoms with Crippen LogP contribution >= 0.6 is 0 Å². The number of nitrogens with one attached hydrogen (secondary N) is 1. The van der Waals surface area contributed by atoms with Gasteiger partial charge < -0.3 is 30.1 Å². The summed E-state index contributed by atoms with van der Waals surface area (Å²) < 4.78 is 12.0. The summed E-state index contributed by atoms with van der Waals surface area (Å²) in [5, 5.41) is 34.9. The number of rotatable bonds is 13. The van der Waals surface area contributed by atoms with Gasteiger partial charge in [0.2, 0.25) is 5.90 Å². The highest BCUT2D eigenvalue weighted by Crippen LogP contribution is 2.43. The summed E-state index contributed by atoms with van der Waals surface area (Å²) in [5.41, 5.74) is 9.74. The van der Waals surface area contributed by atoms with Gasteiger partial charge in [-0.25, -0.2) is 4.99 Å². The van der Waals surface area contributed by atoms with Crippen LogP contribution in [0.1, 0.15) is 29.2 Å². The zero-order chi connectivity index (χ0) is 28.4. The van der Waals surface area contributed by atoms with Gasteiger partial charge in [0.25, 0.3) is 5.91 Å². The fourth-order valence-corrected chi connectivity index (χ4v) is 4.47. The Labute approximate surface area is 231 Å². The smallest absolute Gasteiger partial charge is 0.253 e. The molecule has 208 valence electrons. The molecular formula is C29H31N5O6. The highest BCUT2D eigenvalue weighted by atomic mass is 16.5. The van der Waals surface area contributed by atoms with Crippen molar-refractivity contribution in [1.82, 2.24) is 5.32 Å². The zero-order valence-corrected chi connectivity index (χ0v) is 21.8. The molecule has 40 heavy (non-hydrogen) atoms. The maximum absolute atomic E-state index is 14.1. The van der Waals surface area contributed by atoms with E-state index in [1.165, 1.54) is 0 Å². The Morgan fingerprint density at radius 3 is 2.42 bits per heavy atom. The number of hydrogen-bond donors (Lipinski definition) is 4. The highest BCUT2D eigenvalue weighted by molar-refractivity contribution is 6.01. The molecule has 3 aromatic rings. The quantitative estimate of drug-likeness (QED) is 0.111. The molecule has 4 rings (SSSR count). The third-order valence-corrected chi connectivity index (χ3v) is 6.51. The molecule has 0 saturated heterocycles. The summed E-state index contributed by atoms with van der Waals surface area (Å²) in [6.07, 6.45) is -0.377. The van der Waals surface area contributed by atoms with Crippen LogP contribution < -0.4 is 10.1 Å².